The van der Waals surface area contributed by atoms with E-state index in [-0.39, 0.29) is 71.8 Å². The Morgan fingerprint density at radius 2 is 1.65 bits per heavy atom. The van der Waals surface area contributed by atoms with E-state index in [0.717, 1.165) is 0 Å². The molecule has 0 radical (unpaired) electrons. The van der Waals surface area contributed by atoms with Crippen molar-refractivity contribution < 1.29 is 48.7 Å². The van der Waals surface area contributed by atoms with Crippen LogP contribution in [0.15, 0.2) is 54.6 Å². The first kappa shape index (κ1) is 31.6. The number of nitrogens with two attached hydrogens (primary N) is 1. The Hall–Kier alpha value is -4.33. The molecule has 0 aromatic heterocycles. The molecule has 12 heteroatoms. The summed E-state index contributed by atoms with van der Waals surface area (Å²) in [6.07, 6.45) is -3.75. The minimum absolute atomic E-state index is 0.0483. The summed E-state index contributed by atoms with van der Waals surface area (Å²) in [6.45, 7) is 1.59. The van der Waals surface area contributed by atoms with Crippen LogP contribution in [0, 0.1) is 0 Å². The Labute approximate surface area is 265 Å². The average Bonchev–Trinajstić information content (AvgIpc) is 3.01. The predicted molar refractivity (Wildman–Crippen MR) is 164 cm³/mol. The van der Waals surface area contributed by atoms with Gasteiger partial charge in [-0.1, -0.05) is 42.5 Å². The fraction of sp³-hybridized carbons (Fsp3) is 0.382. The Morgan fingerprint density at radius 1 is 1.02 bits per heavy atom. The number of amides is 1. The molecule has 3 aromatic rings. The Kier molecular flexibility index (Phi) is 8.57. The second kappa shape index (κ2) is 12.5. The van der Waals surface area contributed by atoms with Crippen molar-refractivity contribution in [3.05, 3.63) is 88.0 Å². The number of ketones is 2. The molecule has 0 bridgehead atoms. The minimum atomic E-state index is -1.63. The van der Waals surface area contributed by atoms with E-state index >= 15 is 0 Å². The number of hydrogen-bond acceptors (Lipinski definition) is 11. The van der Waals surface area contributed by atoms with Gasteiger partial charge in [-0.3, -0.25) is 14.9 Å². The van der Waals surface area contributed by atoms with Crippen LogP contribution in [0.2, 0.25) is 0 Å². The van der Waals surface area contributed by atoms with Crippen molar-refractivity contribution in [3.8, 4) is 11.5 Å². The standard InChI is InChI=1S/C34H36N2O10/c1-17-32(43-2)22(35)14-24(45-17)46-23-16-34(42,12-13-44-33(41)36-18-8-4-3-5-9-18)15-21-25(23)31(40)27-26(30(21)39)28(37)19-10-6-7-11-20(19)29(27)38/h3-11,17,22-24,32,39-40,42H,12-16,35H2,1-2H3,(H,36,41)/t17-,22+,23+,24+,32+,34?/m1/s1. The van der Waals surface area contributed by atoms with Gasteiger partial charge in [-0.2, -0.15) is 0 Å². The lowest BCUT2D eigenvalue weighted by Crippen LogP contribution is -2.53. The van der Waals surface area contributed by atoms with E-state index in [1.807, 2.05) is 0 Å². The number of carbonyl (C=O) groups is 3. The molecule has 1 saturated heterocycles. The molecule has 1 unspecified atom stereocenters. The number of carbonyl (C=O) groups excluding carboxylic acids is 3. The highest BCUT2D eigenvalue weighted by atomic mass is 16.7. The largest absolute Gasteiger partial charge is 0.507 e. The number of benzene rings is 3. The van der Waals surface area contributed by atoms with E-state index in [0.29, 0.717) is 5.69 Å². The first-order valence-electron chi connectivity index (χ1n) is 15.1. The van der Waals surface area contributed by atoms with Gasteiger partial charge in [-0.25, -0.2) is 4.79 Å². The van der Waals surface area contributed by atoms with Crippen molar-refractivity contribution in [2.75, 3.05) is 19.0 Å². The van der Waals surface area contributed by atoms with Crippen molar-refractivity contribution >= 4 is 23.3 Å². The van der Waals surface area contributed by atoms with E-state index < -0.39 is 59.3 Å². The van der Waals surface area contributed by atoms with Crippen LogP contribution in [0.25, 0.3) is 0 Å². The van der Waals surface area contributed by atoms with Gasteiger partial charge < -0.3 is 40.0 Å². The summed E-state index contributed by atoms with van der Waals surface area (Å²) in [4.78, 5) is 39.6. The first-order valence-corrected chi connectivity index (χ1v) is 15.1. The molecule has 1 aliphatic heterocycles. The summed E-state index contributed by atoms with van der Waals surface area (Å²) in [5.41, 5.74) is 4.90. The molecule has 46 heavy (non-hydrogen) atoms. The summed E-state index contributed by atoms with van der Waals surface area (Å²) >= 11 is 0. The van der Waals surface area contributed by atoms with Crippen molar-refractivity contribution in [2.45, 2.75) is 68.9 Å². The Bertz CT molecular complexity index is 1670. The maximum Gasteiger partial charge on any atom is 0.411 e. The van der Waals surface area contributed by atoms with E-state index in [1.54, 1.807) is 49.4 Å². The molecule has 3 aliphatic rings. The van der Waals surface area contributed by atoms with E-state index in [1.165, 1.54) is 19.2 Å². The quantitative estimate of drug-likeness (QED) is 0.187. The highest BCUT2D eigenvalue weighted by Crippen LogP contribution is 2.52. The molecule has 0 spiro atoms. The SMILES string of the molecule is CO[C@@H]1[C@@H](N)C[C@H](O[C@H]2CC(O)(CCOC(=O)Nc3ccccc3)Cc3c(O)c4c(c(O)c32)C(=O)c2ccccc2C4=O)O[C@@H]1C. The van der Waals surface area contributed by atoms with Crippen LogP contribution in [0.4, 0.5) is 10.5 Å². The van der Waals surface area contributed by atoms with Crippen molar-refractivity contribution in [3.63, 3.8) is 0 Å². The summed E-state index contributed by atoms with van der Waals surface area (Å²) in [7, 11) is 1.53. The van der Waals surface area contributed by atoms with Crippen LogP contribution in [-0.2, 0) is 25.4 Å². The smallest absolute Gasteiger partial charge is 0.411 e. The molecule has 6 atom stereocenters. The predicted octanol–water partition coefficient (Wildman–Crippen LogP) is 3.72. The number of para-hydroxylation sites is 1. The number of methoxy groups -OCH3 is 1. The van der Waals surface area contributed by atoms with Crippen LogP contribution in [-0.4, -0.2) is 76.8 Å². The molecule has 1 fully saturated rings. The lowest BCUT2D eigenvalue weighted by molar-refractivity contribution is -0.251. The van der Waals surface area contributed by atoms with Gasteiger partial charge >= 0.3 is 6.09 Å². The third kappa shape index (κ3) is 5.74. The topological polar surface area (TPSA) is 187 Å². The van der Waals surface area contributed by atoms with Crippen LogP contribution in [0.1, 0.15) is 75.3 Å². The zero-order valence-corrected chi connectivity index (χ0v) is 25.4. The van der Waals surface area contributed by atoms with Gasteiger partial charge in [0, 0.05) is 66.8 Å². The second-order valence-electron chi connectivity index (χ2n) is 12.0. The molecule has 3 aromatic carbocycles. The molecule has 1 heterocycles. The van der Waals surface area contributed by atoms with Crippen LogP contribution in [0.5, 0.6) is 11.5 Å². The van der Waals surface area contributed by atoms with Crippen molar-refractivity contribution in [1.82, 2.24) is 0 Å². The summed E-state index contributed by atoms with van der Waals surface area (Å²) in [5, 5.41) is 37.7. The Balaban J connectivity index is 1.33. The number of aromatic hydroxyl groups is 2. The number of fused-ring (bicyclic) bond motifs is 3. The number of nitrogens with one attached hydrogen (secondary N) is 1. The summed E-state index contributed by atoms with van der Waals surface area (Å²) < 4.78 is 23.2. The zero-order chi connectivity index (χ0) is 32.7. The van der Waals surface area contributed by atoms with Gasteiger partial charge in [-0.15, -0.1) is 0 Å². The number of ether oxygens (including phenoxy) is 4. The van der Waals surface area contributed by atoms with Crippen LogP contribution >= 0.6 is 0 Å². The van der Waals surface area contributed by atoms with Crippen LogP contribution in [0.3, 0.4) is 0 Å². The van der Waals surface area contributed by atoms with Crippen molar-refractivity contribution in [2.24, 2.45) is 5.73 Å². The van der Waals surface area contributed by atoms with Gasteiger partial charge in [0.15, 0.2) is 17.9 Å². The minimum Gasteiger partial charge on any atom is -0.507 e. The average molecular weight is 633 g/mol. The fourth-order valence-electron chi connectivity index (χ4n) is 6.79. The lowest BCUT2D eigenvalue weighted by Gasteiger charge is -2.43. The maximum absolute atomic E-state index is 13.6. The first-order chi connectivity index (χ1) is 22.0. The second-order valence-corrected chi connectivity index (χ2v) is 12.0. The van der Waals surface area contributed by atoms with E-state index in [9.17, 15) is 29.7 Å². The van der Waals surface area contributed by atoms with Gasteiger partial charge in [0.05, 0.1) is 41.6 Å². The van der Waals surface area contributed by atoms with Gasteiger partial charge in [0.2, 0.25) is 0 Å². The third-order valence-electron chi connectivity index (χ3n) is 8.98. The number of phenols is 2. The number of aliphatic hydroxyl groups is 1. The third-order valence-corrected chi connectivity index (χ3v) is 8.98. The lowest BCUT2D eigenvalue weighted by atomic mass is 9.72. The Morgan fingerprint density at radius 3 is 2.28 bits per heavy atom. The van der Waals surface area contributed by atoms with Crippen LogP contribution < -0.4 is 11.1 Å². The fourth-order valence-corrected chi connectivity index (χ4v) is 6.79. The maximum atomic E-state index is 13.6. The van der Waals surface area contributed by atoms with Crippen molar-refractivity contribution in [1.29, 1.82) is 0 Å². The molecule has 242 valence electrons. The normalized spacial score (nSPS) is 26.9. The van der Waals surface area contributed by atoms with E-state index in [2.05, 4.69) is 5.32 Å². The number of rotatable bonds is 7. The zero-order valence-electron chi connectivity index (χ0n) is 25.4. The highest BCUT2D eigenvalue weighted by Gasteiger charge is 2.47. The molecule has 6 N–H and O–H groups in total. The number of hydrogen-bond donors (Lipinski definition) is 5. The number of anilines is 1. The van der Waals surface area contributed by atoms with Gasteiger partial charge in [0.1, 0.15) is 11.5 Å². The van der Waals surface area contributed by atoms with E-state index in [4.69, 9.17) is 24.7 Å². The molecular weight excluding hydrogens is 596 g/mol. The monoisotopic (exact) mass is 632 g/mol. The molecule has 2 aliphatic carbocycles. The molecule has 12 nitrogen and oxygen atoms in total. The molecular formula is C34H36N2O10. The van der Waals surface area contributed by atoms with Gasteiger partial charge in [-0.05, 0) is 19.1 Å². The molecule has 0 saturated carbocycles. The summed E-state index contributed by atoms with van der Waals surface area (Å²) in [5.74, 6) is -2.29. The molecule has 1 amide bonds. The summed E-state index contributed by atoms with van der Waals surface area (Å²) in [6, 6.07) is 14.4. The highest BCUT2D eigenvalue weighted by molar-refractivity contribution is 6.30. The molecule has 6 rings (SSSR count). The van der Waals surface area contributed by atoms with Gasteiger partial charge in [0.25, 0.3) is 0 Å². The number of phenolic OH excluding ortho intramolecular Hbond substituents is 2.